The number of benzene rings is 2. The van der Waals surface area contributed by atoms with Crippen LogP contribution in [0.15, 0.2) is 42.5 Å². The van der Waals surface area contributed by atoms with E-state index in [9.17, 15) is 19.2 Å². The smallest absolute Gasteiger partial charge is 0.432 e. The topological polar surface area (TPSA) is 111 Å². The molecule has 1 fully saturated rings. The Balaban J connectivity index is 0.00000176. The van der Waals surface area contributed by atoms with Crippen LogP contribution >= 0.6 is 0 Å². The molecule has 4 rings (SSSR count). The quantitative estimate of drug-likeness (QED) is 0.315. The molecule has 0 radical (unpaired) electrons. The maximum Gasteiger partial charge on any atom is 0.533 e. The summed E-state index contributed by atoms with van der Waals surface area (Å²) in [5.41, 5.74) is 4.22. The van der Waals surface area contributed by atoms with Gasteiger partial charge in [0.25, 0.3) is 17.7 Å². The first-order valence-electron chi connectivity index (χ1n) is 12.3. The number of nitrogens with one attached hydrogen (secondary N) is 1. The molecular formula is C27H32N2O7. The summed E-state index contributed by atoms with van der Waals surface area (Å²) in [6.07, 6.45) is -0.201. The van der Waals surface area contributed by atoms with Crippen LogP contribution in [0.5, 0.6) is 0 Å². The number of imide groups is 1. The molecule has 3 amide bonds. The fraction of sp³-hybridized carbons (Fsp3) is 0.407. The maximum atomic E-state index is 12.6. The summed E-state index contributed by atoms with van der Waals surface area (Å²) < 4.78 is 10.7. The minimum absolute atomic E-state index is 0.00502. The van der Waals surface area contributed by atoms with Gasteiger partial charge in [-0.15, -0.1) is 0 Å². The highest BCUT2D eigenvalue weighted by molar-refractivity contribution is 6.01. The van der Waals surface area contributed by atoms with Gasteiger partial charge in [0.15, 0.2) is 0 Å². The third-order valence-electron chi connectivity index (χ3n) is 5.74. The van der Waals surface area contributed by atoms with Gasteiger partial charge < -0.3 is 14.8 Å². The first-order chi connectivity index (χ1) is 17.5. The lowest BCUT2D eigenvalue weighted by atomic mass is 9.96. The summed E-state index contributed by atoms with van der Waals surface area (Å²) in [6, 6.07) is 13.2. The van der Waals surface area contributed by atoms with Crippen LogP contribution in [0.25, 0.3) is 11.1 Å². The lowest BCUT2D eigenvalue weighted by Gasteiger charge is -2.16. The summed E-state index contributed by atoms with van der Waals surface area (Å²) in [6.45, 7) is 7.44. The number of rotatable bonds is 9. The van der Waals surface area contributed by atoms with E-state index in [-0.39, 0.29) is 31.3 Å². The van der Waals surface area contributed by atoms with Gasteiger partial charge in [-0.25, -0.2) is 4.79 Å². The molecular weight excluding hydrogens is 464 g/mol. The Morgan fingerprint density at radius 3 is 2.39 bits per heavy atom. The SMILES string of the molecule is CC.CCCOCCNC(=O)c1ccc2c(c1)C(COC(=O)ON1C(=O)CCC1=O)c1ccccc1-2. The first kappa shape index (κ1) is 26.9. The monoisotopic (exact) mass is 496 g/mol. The van der Waals surface area contributed by atoms with Crippen molar-refractivity contribution in [1.82, 2.24) is 10.4 Å². The van der Waals surface area contributed by atoms with Crippen LogP contribution in [0.4, 0.5) is 4.79 Å². The molecule has 0 bridgehead atoms. The molecule has 9 nitrogen and oxygen atoms in total. The fourth-order valence-electron chi connectivity index (χ4n) is 4.13. The third kappa shape index (κ3) is 6.09. The molecule has 2 aromatic rings. The molecule has 9 heteroatoms. The number of fused-ring (bicyclic) bond motifs is 3. The second kappa shape index (κ2) is 12.8. The predicted octanol–water partition coefficient (Wildman–Crippen LogP) is 4.20. The number of hydroxylamine groups is 2. The second-order valence-corrected chi connectivity index (χ2v) is 8.04. The van der Waals surface area contributed by atoms with Crippen molar-refractivity contribution in [1.29, 1.82) is 0 Å². The summed E-state index contributed by atoms with van der Waals surface area (Å²) in [5.74, 6) is -1.70. The van der Waals surface area contributed by atoms with Crippen molar-refractivity contribution in [3.8, 4) is 11.1 Å². The van der Waals surface area contributed by atoms with Gasteiger partial charge in [-0.1, -0.05) is 56.2 Å². The Labute approximate surface area is 210 Å². The number of nitrogens with zero attached hydrogens (tertiary/aromatic N) is 1. The maximum absolute atomic E-state index is 12.6. The lowest BCUT2D eigenvalue weighted by Crippen LogP contribution is -2.32. The van der Waals surface area contributed by atoms with Gasteiger partial charge in [0.05, 0.1) is 6.61 Å². The fourth-order valence-corrected chi connectivity index (χ4v) is 4.13. The van der Waals surface area contributed by atoms with Crippen LogP contribution < -0.4 is 5.32 Å². The molecule has 0 saturated carbocycles. The molecule has 36 heavy (non-hydrogen) atoms. The average molecular weight is 497 g/mol. The van der Waals surface area contributed by atoms with Crippen molar-refractivity contribution >= 4 is 23.9 Å². The van der Waals surface area contributed by atoms with Crippen molar-refractivity contribution in [3.05, 3.63) is 59.2 Å². The number of amides is 3. The van der Waals surface area contributed by atoms with E-state index in [1.165, 1.54) is 0 Å². The molecule has 192 valence electrons. The van der Waals surface area contributed by atoms with E-state index < -0.39 is 18.0 Å². The molecule has 0 aromatic heterocycles. The van der Waals surface area contributed by atoms with E-state index in [1.54, 1.807) is 12.1 Å². The van der Waals surface area contributed by atoms with Crippen molar-refractivity contribution in [2.24, 2.45) is 0 Å². The Morgan fingerprint density at radius 2 is 1.67 bits per heavy atom. The van der Waals surface area contributed by atoms with Gasteiger partial charge in [-0.05, 0) is 40.8 Å². The summed E-state index contributed by atoms with van der Waals surface area (Å²) in [7, 11) is 0. The van der Waals surface area contributed by atoms with Crippen molar-refractivity contribution in [2.45, 2.75) is 46.0 Å². The van der Waals surface area contributed by atoms with E-state index in [0.717, 1.165) is 28.7 Å². The van der Waals surface area contributed by atoms with Crippen molar-refractivity contribution < 1.29 is 33.5 Å². The molecule has 2 aliphatic rings. The predicted molar refractivity (Wildman–Crippen MR) is 132 cm³/mol. The van der Waals surface area contributed by atoms with E-state index in [4.69, 9.17) is 14.3 Å². The van der Waals surface area contributed by atoms with Gasteiger partial charge in [0.2, 0.25) is 0 Å². The van der Waals surface area contributed by atoms with E-state index in [1.807, 2.05) is 51.1 Å². The Hall–Kier alpha value is -3.72. The van der Waals surface area contributed by atoms with Crippen LogP contribution in [0, 0.1) is 0 Å². The molecule has 1 saturated heterocycles. The second-order valence-electron chi connectivity index (χ2n) is 8.04. The highest BCUT2D eigenvalue weighted by atomic mass is 16.8. The molecule has 1 aliphatic heterocycles. The first-order valence-corrected chi connectivity index (χ1v) is 12.3. The van der Waals surface area contributed by atoms with Gasteiger partial charge in [-0.2, -0.15) is 0 Å². The largest absolute Gasteiger partial charge is 0.533 e. The number of hydrogen-bond acceptors (Lipinski definition) is 7. The van der Waals surface area contributed by atoms with Gasteiger partial charge in [0.1, 0.15) is 6.61 Å². The molecule has 1 heterocycles. The van der Waals surface area contributed by atoms with E-state index in [2.05, 4.69) is 5.32 Å². The van der Waals surface area contributed by atoms with Gasteiger partial charge >= 0.3 is 6.16 Å². The van der Waals surface area contributed by atoms with Crippen molar-refractivity contribution in [3.63, 3.8) is 0 Å². The summed E-state index contributed by atoms with van der Waals surface area (Å²) in [4.78, 5) is 52.9. The van der Waals surface area contributed by atoms with Crippen LogP contribution in [-0.4, -0.2) is 55.3 Å². The van der Waals surface area contributed by atoms with Crippen LogP contribution in [0.1, 0.15) is 67.4 Å². The Bertz CT molecular complexity index is 1100. The zero-order valence-electron chi connectivity index (χ0n) is 20.9. The minimum atomic E-state index is -1.13. The standard InChI is InChI=1S/C25H26N2O7.C2H6/c1-2-12-32-13-11-26-24(30)16-7-8-19-17-5-3-4-6-18(17)21(20(19)14-16)15-33-25(31)34-27-22(28)9-10-23(27)29;1-2/h3-8,14,21H,2,9-13,15H2,1H3,(H,26,30);1-2H3. The summed E-state index contributed by atoms with van der Waals surface area (Å²) >= 11 is 0. The number of carbonyl (C=O) groups excluding carboxylic acids is 4. The normalized spacial score (nSPS) is 15.5. The number of hydrogen-bond donors (Lipinski definition) is 1. The van der Waals surface area contributed by atoms with Crippen LogP contribution in [-0.2, 0) is 23.9 Å². The summed E-state index contributed by atoms with van der Waals surface area (Å²) in [5, 5.41) is 3.30. The lowest BCUT2D eigenvalue weighted by molar-refractivity contribution is -0.177. The molecule has 0 spiro atoms. The van der Waals surface area contributed by atoms with E-state index in [0.29, 0.717) is 30.4 Å². The molecule has 1 aliphatic carbocycles. The zero-order valence-corrected chi connectivity index (χ0v) is 20.9. The van der Waals surface area contributed by atoms with Gasteiger partial charge in [-0.3, -0.25) is 19.2 Å². The highest BCUT2D eigenvalue weighted by Gasteiger charge is 2.35. The zero-order chi connectivity index (χ0) is 26.1. The van der Waals surface area contributed by atoms with Gasteiger partial charge in [0, 0.05) is 37.5 Å². The number of carbonyl (C=O) groups is 4. The molecule has 2 aromatic carbocycles. The molecule has 1 N–H and O–H groups in total. The van der Waals surface area contributed by atoms with Crippen molar-refractivity contribution in [2.75, 3.05) is 26.4 Å². The molecule has 1 unspecified atom stereocenters. The third-order valence-corrected chi connectivity index (χ3v) is 5.74. The Morgan fingerprint density at radius 1 is 0.972 bits per heavy atom. The Kier molecular flexibility index (Phi) is 9.58. The van der Waals surface area contributed by atoms with Crippen LogP contribution in [0.3, 0.4) is 0 Å². The number of ether oxygens (including phenoxy) is 2. The molecule has 1 atom stereocenters. The van der Waals surface area contributed by atoms with Crippen LogP contribution in [0.2, 0.25) is 0 Å². The average Bonchev–Trinajstić information content (AvgIpc) is 3.39. The van der Waals surface area contributed by atoms with E-state index >= 15 is 0 Å². The highest BCUT2D eigenvalue weighted by Crippen LogP contribution is 2.45. The minimum Gasteiger partial charge on any atom is -0.432 e.